The number of nitrogens with one attached hydrogen (secondary N) is 1. The maximum absolute atomic E-state index is 12.0. The Morgan fingerprint density at radius 1 is 0.810 bits per heavy atom. The molecule has 0 aliphatic carbocycles. The minimum absolute atomic E-state index is 0.169. The van der Waals surface area contributed by atoms with Gasteiger partial charge in [-0.05, 0) is 48.5 Å². The average Bonchev–Trinajstić information content (AvgIpc) is 3.02. The summed E-state index contributed by atoms with van der Waals surface area (Å²) < 4.78 is 7.29. The smallest absolute Gasteiger partial charge is 0.270 e. The quantitative estimate of drug-likeness (QED) is 0.791. The molecular formula is C17H14N2O2. The van der Waals surface area contributed by atoms with Crippen molar-refractivity contribution in [3.63, 3.8) is 0 Å². The van der Waals surface area contributed by atoms with Gasteiger partial charge in [0, 0.05) is 18.0 Å². The highest BCUT2D eigenvalue weighted by Crippen LogP contribution is 2.21. The summed E-state index contributed by atoms with van der Waals surface area (Å²) in [6, 6.07) is 20.2. The molecule has 1 aromatic heterocycles. The Balaban J connectivity index is 1.68. The number of carbonyl (C=O) groups is 1. The van der Waals surface area contributed by atoms with Gasteiger partial charge in [0.05, 0.1) is 0 Å². The number of hydrogen-bond acceptors (Lipinski definition) is 2. The van der Waals surface area contributed by atoms with E-state index in [9.17, 15) is 4.79 Å². The lowest BCUT2D eigenvalue weighted by molar-refractivity contribution is 0.101. The molecule has 0 saturated heterocycles. The second kappa shape index (κ2) is 5.96. The van der Waals surface area contributed by atoms with Crippen molar-refractivity contribution in [1.82, 2.24) is 4.68 Å². The van der Waals surface area contributed by atoms with Crippen LogP contribution in [0.4, 0.5) is 0 Å². The number of para-hydroxylation sites is 1. The van der Waals surface area contributed by atoms with Crippen LogP contribution in [0, 0.1) is 0 Å². The van der Waals surface area contributed by atoms with Crippen LogP contribution in [0.25, 0.3) is 0 Å². The summed E-state index contributed by atoms with van der Waals surface area (Å²) in [5.74, 6) is 1.29. The second-order valence-electron chi connectivity index (χ2n) is 4.47. The molecule has 4 nitrogen and oxygen atoms in total. The summed E-state index contributed by atoms with van der Waals surface area (Å²) in [6.07, 6.45) is 3.54. The lowest BCUT2D eigenvalue weighted by Crippen LogP contribution is -2.21. The molecule has 1 N–H and O–H groups in total. The molecule has 3 aromatic rings. The SMILES string of the molecule is O=C(Nn1cccc1)c1ccc(Oc2ccccc2)cc1. The molecule has 0 atom stereocenters. The zero-order chi connectivity index (χ0) is 14.5. The predicted octanol–water partition coefficient (Wildman–Crippen LogP) is 3.66. The Hall–Kier alpha value is -3.01. The summed E-state index contributed by atoms with van der Waals surface area (Å²) in [7, 11) is 0. The van der Waals surface area contributed by atoms with Gasteiger partial charge < -0.3 is 4.74 Å². The van der Waals surface area contributed by atoms with Gasteiger partial charge >= 0.3 is 0 Å². The first-order valence-corrected chi connectivity index (χ1v) is 6.58. The maximum Gasteiger partial charge on any atom is 0.270 e. The van der Waals surface area contributed by atoms with Gasteiger partial charge in [0.1, 0.15) is 11.5 Å². The number of benzene rings is 2. The van der Waals surface area contributed by atoms with Gasteiger partial charge in [-0.15, -0.1) is 0 Å². The fourth-order valence-electron chi connectivity index (χ4n) is 1.89. The van der Waals surface area contributed by atoms with E-state index in [0.717, 1.165) is 5.75 Å². The lowest BCUT2D eigenvalue weighted by Gasteiger charge is -2.08. The monoisotopic (exact) mass is 278 g/mol. The van der Waals surface area contributed by atoms with E-state index in [0.29, 0.717) is 11.3 Å². The number of carbonyl (C=O) groups excluding carboxylic acids is 1. The standard InChI is InChI=1S/C17H14N2O2/c20-17(18-19-12-4-5-13-19)14-8-10-16(11-9-14)21-15-6-2-1-3-7-15/h1-13H,(H,18,20). The summed E-state index contributed by atoms with van der Waals surface area (Å²) in [5.41, 5.74) is 3.32. The van der Waals surface area contributed by atoms with E-state index < -0.39 is 0 Å². The second-order valence-corrected chi connectivity index (χ2v) is 4.47. The predicted molar refractivity (Wildman–Crippen MR) is 81.1 cm³/mol. The van der Waals surface area contributed by atoms with E-state index in [4.69, 9.17) is 4.74 Å². The van der Waals surface area contributed by atoms with E-state index >= 15 is 0 Å². The van der Waals surface area contributed by atoms with Crippen molar-refractivity contribution in [2.24, 2.45) is 0 Å². The van der Waals surface area contributed by atoms with Gasteiger partial charge in [0.25, 0.3) is 5.91 Å². The van der Waals surface area contributed by atoms with Gasteiger partial charge in [-0.1, -0.05) is 18.2 Å². The van der Waals surface area contributed by atoms with Gasteiger partial charge in [-0.25, -0.2) is 0 Å². The van der Waals surface area contributed by atoms with Crippen LogP contribution < -0.4 is 10.2 Å². The third-order valence-corrected chi connectivity index (χ3v) is 2.93. The highest BCUT2D eigenvalue weighted by molar-refractivity contribution is 6.00. The van der Waals surface area contributed by atoms with E-state index in [2.05, 4.69) is 5.43 Å². The number of aromatic nitrogens is 1. The molecule has 1 heterocycles. The third kappa shape index (κ3) is 3.30. The fourth-order valence-corrected chi connectivity index (χ4v) is 1.89. The average molecular weight is 278 g/mol. The van der Waals surface area contributed by atoms with Gasteiger partial charge in [-0.2, -0.15) is 0 Å². The molecule has 1 amide bonds. The van der Waals surface area contributed by atoms with E-state index in [1.165, 1.54) is 0 Å². The van der Waals surface area contributed by atoms with Crippen LogP contribution in [0.15, 0.2) is 79.1 Å². The van der Waals surface area contributed by atoms with E-state index in [1.807, 2.05) is 42.5 Å². The van der Waals surface area contributed by atoms with E-state index in [-0.39, 0.29) is 5.91 Å². The van der Waals surface area contributed by atoms with Crippen LogP contribution in [-0.2, 0) is 0 Å². The Kier molecular flexibility index (Phi) is 3.69. The summed E-state index contributed by atoms with van der Waals surface area (Å²) >= 11 is 0. The van der Waals surface area contributed by atoms with Crippen LogP contribution in [0.3, 0.4) is 0 Å². The molecule has 0 unspecified atom stereocenters. The Bertz CT molecular complexity index is 704. The Labute approximate surface area is 122 Å². The number of rotatable bonds is 4. The van der Waals surface area contributed by atoms with Crippen molar-refractivity contribution in [2.45, 2.75) is 0 Å². The van der Waals surface area contributed by atoms with Crippen LogP contribution in [0.1, 0.15) is 10.4 Å². The topological polar surface area (TPSA) is 43.3 Å². The number of ether oxygens (including phenoxy) is 1. The van der Waals surface area contributed by atoms with Crippen molar-refractivity contribution in [3.8, 4) is 11.5 Å². The third-order valence-electron chi connectivity index (χ3n) is 2.93. The molecule has 0 spiro atoms. The molecule has 0 fully saturated rings. The molecule has 0 bridgehead atoms. The van der Waals surface area contributed by atoms with Crippen LogP contribution in [0.5, 0.6) is 11.5 Å². The number of nitrogens with zero attached hydrogens (tertiary/aromatic N) is 1. The normalized spacial score (nSPS) is 10.1. The minimum atomic E-state index is -0.169. The summed E-state index contributed by atoms with van der Waals surface area (Å²) in [6.45, 7) is 0. The van der Waals surface area contributed by atoms with Gasteiger partial charge in [-0.3, -0.25) is 14.9 Å². The van der Waals surface area contributed by atoms with E-state index in [1.54, 1.807) is 41.3 Å². The van der Waals surface area contributed by atoms with Crippen molar-refractivity contribution < 1.29 is 9.53 Å². The van der Waals surface area contributed by atoms with Crippen molar-refractivity contribution in [3.05, 3.63) is 84.7 Å². The highest BCUT2D eigenvalue weighted by atomic mass is 16.5. The molecule has 0 aliphatic rings. The molecule has 4 heteroatoms. The zero-order valence-electron chi connectivity index (χ0n) is 11.3. The number of hydrogen-bond donors (Lipinski definition) is 1. The largest absolute Gasteiger partial charge is 0.457 e. The molecule has 104 valence electrons. The molecular weight excluding hydrogens is 264 g/mol. The molecule has 0 saturated carbocycles. The van der Waals surface area contributed by atoms with Gasteiger partial charge in [0.2, 0.25) is 0 Å². The number of amides is 1. The van der Waals surface area contributed by atoms with Crippen molar-refractivity contribution in [1.29, 1.82) is 0 Å². The summed E-state index contributed by atoms with van der Waals surface area (Å²) in [5, 5.41) is 0. The summed E-state index contributed by atoms with van der Waals surface area (Å²) in [4.78, 5) is 12.0. The first kappa shape index (κ1) is 13.0. The first-order valence-electron chi connectivity index (χ1n) is 6.58. The van der Waals surface area contributed by atoms with Crippen molar-refractivity contribution in [2.75, 3.05) is 5.43 Å². The highest BCUT2D eigenvalue weighted by Gasteiger charge is 2.05. The fraction of sp³-hybridized carbons (Fsp3) is 0. The van der Waals surface area contributed by atoms with Crippen LogP contribution in [-0.4, -0.2) is 10.6 Å². The van der Waals surface area contributed by atoms with Crippen molar-refractivity contribution >= 4 is 5.91 Å². The first-order chi connectivity index (χ1) is 10.3. The molecule has 21 heavy (non-hydrogen) atoms. The Morgan fingerprint density at radius 3 is 2.10 bits per heavy atom. The van der Waals surface area contributed by atoms with Crippen LogP contribution >= 0.6 is 0 Å². The molecule has 0 aliphatic heterocycles. The minimum Gasteiger partial charge on any atom is -0.457 e. The molecule has 2 aromatic carbocycles. The molecule has 3 rings (SSSR count). The van der Waals surface area contributed by atoms with Gasteiger partial charge in [0.15, 0.2) is 0 Å². The zero-order valence-corrected chi connectivity index (χ0v) is 11.3. The van der Waals surface area contributed by atoms with Crippen LogP contribution in [0.2, 0.25) is 0 Å². The lowest BCUT2D eigenvalue weighted by atomic mass is 10.2. The Morgan fingerprint density at radius 2 is 1.43 bits per heavy atom. The maximum atomic E-state index is 12.0. The molecule has 0 radical (unpaired) electrons.